The van der Waals surface area contributed by atoms with Gasteiger partial charge in [0, 0.05) is 11.6 Å². The Morgan fingerprint density at radius 1 is 1.25 bits per heavy atom. The Morgan fingerprint density at radius 2 is 2.15 bits per heavy atom. The molecule has 0 saturated carbocycles. The maximum Gasteiger partial charge on any atom is 0.276 e. The fraction of sp³-hybridized carbons (Fsp3) is 0. The number of halogens is 1. The minimum Gasteiger partial charge on any atom is -0.296 e. The van der Waals surface area contributed by atoms with Gasteiger partial charge in [-0.2, -0.15) is 0 Å². The second-order valence-corrected chi connectivity index (χ2v) is 6.38. The van der Waals surface area contributed by atoms with Crippen LogP contribution in [0, 0.1) is 0 Å². The van der Waals surface area contributed by atoms with Crippen molar-refractivity contribution in [1.82, 2.24) is 9.97 Å². The van der Waals surface area contributed by atoms with E-state index in [0.29, 0.717) is 15.2 Å². The third kappa shape index (κ3) is 2.87. The van der Waals surface area contributed by atoms with Crippen molar-refractivity contribution in [3.63, 3.8) is 0 Å². The smallest absolute Gasteiger partial charge is 0.276 e. The standard InChI is InChI=1S/C13H8ClN3OS2/c14-11-5-4-10(20-11)9-7-19-13(16-9)17-12(18)8-3-1-2-6-15-8/h1-7H,(H,16,17,18). The highest BCUT2D eigenvalue weighted by Gasteiger charge is 2.11. The normalized spacial score (nSPS) is 10.4. The summed E-state index contributed by atoms with van der Waals surface area (Å²) in [6, 6.07) is 8.92. The van der Waals surface area contributed by atoms with Crippen LogP contribution in [0.15, 0.2) is 41.9 Å². The van der Waals surface area contributed by atoms with Gasteiger partial charge in [-0.15, -0.1) is 22.7 Å². The first-order chi connectivity index (χ1) is 9.72. The maximum atomic E-state index is 11.9. The fourth-order valence-corrected chi connectivity index (χ4v) is 3.34. The van der Waals surface area contributed by atoms with Crippen LogP contribution in [-0.4, -0.2) is 15.9 Å². The zero-order chi connectivity index (χ0) is 13.9. The summed E-state index contributed by atoms with van der Waals surface area (Å²) in [5, 5.41) is 5.16. The van der Waals surface area contributed by atoms with E-state index in [1.165, 1.54) is 22.7 Å². The molecule has 1 amide bonds. The largest absolute Gasteiger partial charge is 0.296 e. The van der Waals surface area contributed by atoms with E-state index < -0.39 is 0 Å². The zero-order valence-corrected chi connectivity index (χ0v) is 12.4. The lowest BCUT2D eigenvalue weighted by molar-refractivity contribution is 0.102. The number of hydrogen-bond acceptors (Lipinski definition) is 5. The summed E-state index contributed by atoms with van der Waals surface area (Å²) in [5.74, 6) is -0.268. The fourth-order valence-electron chi connectivity index (χ4n) is 1.55. The minimum atomic E-state index is -0.268. The molecule has 3 aromatic heterocycles. The van der Waals surface area contributed by atoms with Crippen LogP contribution in [0.25, 0.3) is 10.6 Å². The highest BCUT2D eigenvalue weighted by molar-refractivity contribution is 7.20. The molecular weight excluding hydrogens is 314 g/mol. The first-order valence-corrected chi connectivity index (χ1v) is 7.73. The van der Waals surface area contributed by atoms with Crippen molar-refractivity contribution in [2.24, 2.45) is 0 Å². The number of rotatable bonds is 3. The molecule has 0 aliphatic carbocycles. The first-order valence-electron chi connectivity index (χ1n) is 5.66. The number of pyridine rings is 1. The summed E-state index contributed by atoms with van der Waals surface area (Å²) in [4.78, 5) is 21.3. The molecule has 100 valence electrons. The van der Waals surface area contributed by atoms with E-state index in [1.54, 1.807) is 24.4 Å². The van der Waals surface area contributed by atoms with E-state index in [9.17, 15) is 4.79 Å². The number of nitrogens with zero attached hydrogens (tertiary/aromatic N) is 2. The third-order valence-electron chi connectivity index (χ3n) is 2.45. The predicted octanol–water partition coefficient (Wildman–Crippen LogP) is 4.17. The lowest BCUT2D eigenvalue weighted by Crippen LogP contribution is -2.13. The van der Waals surface area contributed by atoms with Crippen molar-refractivity contribution >= 4 is 45.3 Å². The van der Waals surface area contributed by atoms with Crippen LogP contribution in [0.2, 0.25) is 4.34 Å². The molecule has 0 aliphatic rings. The Kier molecular flexibility index (Phi) is 3.77. The molecule has 0 radical (unpaired) electrons. The Labute approximate surface area is 128 Å². The Hall–Kier alpha value is -1.76. The van der Waals surface area contributed by atoms with E-state index in [2.05, 4.69) is 15.3 Å². The average molecular weight is 322 g/mol. The second kappa shape index (κ2) is 5.70. The maximum absolute atomic E-state index is 11.9. The van der Waals surface area contributed by atoms with Crippen molar-refractivity contribution < 1.29 is 4.79 Å². The molecule has 0 fully saturated rings. The number of aromatic nitrogens is 2. The third-order valence-corrected chi connectivity index (χ3v) is 4.46. The summed E-state index contributed by atoms with van der Waals surface area (Å²) in [7, 11) is 0. The summed E-state index contributed by atoms with van der Waals surface area (Å²) in [5.41, 5.74) is 1.17. The summed E-state index contributed by atoms with van der Waals surface area (Å²) in [6.45, 7) is 0. The first kappa shape index (κ1) is 13.2. The zero-order valence-electron chi connectivity index (χ0n) is 10.0. The Morgan fingerprint density at radius 3 is 2.85 bits per heavy atom. The molecule has 0 spiro atoms. The lowest BCUT2D eigenvalue weighted by atomic mass is 10.3. The Bertz CT molecular complexity index is 739. The van der Waals surface area contributed by atoms with Crippen molar-refractivity contribution in [3.8, 4) is 10.6 Å². The van der Waals surface area contributed by atoms with Crippen LogP contribution in [0.5, 0.6) is 0 Å². The van der Waals surface area contributed by atoms with E-state index in [1.807, 2.05) is 17.5 Å². The highest BCUT2D eigenvalue weighted by Crippen LogP contribution is 2.32. The van der Waals surface area contributed by atoms with Crippen LogP contribution < -0.4 is 5.32 Å². The summed E-state index contributed by atoms with van der Waals surface area (Å²) >= 11 is 8.72. The number of amides is 1. The molecule has 0 aliphatic heterocycles. The monoisotopic (exact) mass is 321 g/mol. The highest BCUT2D eigenvalue weighted by atomic mass is 35.5. The van der Waals surface area contributed by atoms with Gasteiger partial charge in [-0.25, -0.2) is 4.98 Å². The van der Waals surface area contributed by atoms with Crippen molar-refractivity contribution in [1.29, 1.82) is 0 Å². The molecule has 3 aromatic rings. The van der Waals surface area contributed by atoms with E-state index >= 15 is 0 Å². The van der Waals surface area contributed by atoms with Gasteiger partial charge in [0.05, 0.1) is 14.9 Å². The van der Waals surface area contributed by atoms with Gasteiger partial charge in [-0.05, 0) is 24.3 Å². The number of thiazole rings is 1. The molecule has 0 unspecified atom stereocenters. The number of hydrogen-bond donors (Lipinski definition) is 1. The van der Waals surface area contributed by atoms with Gasteiger partial charge in [0.2, 0.25) is 0 Å². The second-order valence-electron chi connectivity index (χ2n) is 3.81. The van der Waals surface area contributed by atoms with Crippen molar-refractivity contribution in [2.75, 3.05) is 5.32 Å². The molecule has 3 heterocycles. The van der Waals surface area contributed by atoms with Gasteiger partial charge in [-0.3, -0.25) is 15.1 Å². The molecule has 7 heteroatoms. The average Bonchev–Trinajstić information content (AvgIpc) is 3.09. The summed E-state index contributed by atoms with van der Waals surface area (Å²) in [6.07, 6.45) is 1.58. The molecular formula is C13H8ClN3OS2. The van der Waals surface area contributed by atoms with Crippen LogP contribution in [0.3, 0.4) is 0 Å². The van der Waals surface area contributed by atoms with Crippen LogP contribution >= 0.6 is 34.3 Å². The predicted molar refractivity (Wildman–Crippen MR) is 82.6 cm³/mol. The van der Waals surface area contributed by atoms with Gasteiger partial charge in [-0.1, -0.05) is 17.7 Å². The van der Waals surface area contributed by atoms with Crippen molar-refractivity contribution in [2.45, 2.75) is 0 Å². The summed E-state index contributed by atoms with van der Waals surface area (Å²) < 4.78 is 0.715. The van der Waals surface area contributed by atoms with Gasteiger partial charge in [0.15, 0.2) is 5.13 Å². The van der Waals surface area contributed by atoms with Gasteiger partial charge >= 0.3 is 0 Å². The molecule has 0 atom stereocenters. The van der Waals surface area contributed by atoms with Gasteiger partial charge in [0.25, 0.3) is 5.91 Å². The van der Waals surface area contributed by atoms with Crippen LogP contribution in [0.4, 0.5) is 5.13 Å². The SMILES string of the molecule is O=C(Nc1nc(-c2ccc(Cl)s2)cs1)c1ccccn1. The number of carbonyl (C=O) groups excluding carboxylic acids is 1. The molecule has 0 aromatic carbocycles. The topological polar surface area (TPSA) is 54.9 Å². The molecule has 3 rings (SSSR count). The Balaban J connectivity index is 1.76. The number of anilines is 1. The quantitative estimate of drug-likeness (QED) is 0.787. The van der Waals surface area contributed by atoms with E-state index in [4.69, 9.17) is 11.6 Å². The van der Waals surface area contributed by atoms with Crippen LogP contribution in [0.1, 0.15) is 10.5 Å². The molecule has 4 nitrogen and oxygen atoms in total. The van der Waals surface area contributed by atoms with Crippen LogP contribution in [-0.2, 0) is 0 Å². The number of carbonyl (C=O) groups is 1. The minimum absolute atomic E-state index is 0.268. The van der Waals surface area contributed by atoms with E-state index in [-0.39, 0.29) is 5.91 Å². The molecule has 20 heavy (non-hydrogen) atoms. The number of thiophene rings is 1. The van der Waals surface area contributed by atoms with Crippen molar-refractivity contribution in [3.05, 3.63) is 51.9 Å². The van der Waals surface area contributed by atoms with E-state index in [0.717, 1.165) is 10.6 Å². The molecule has 0 saturated heterocycles. The lowest BCUT2D eigenvalue weighted by Gasteiger charge is -1.99. The van der Waals surface area contributed by atoms with Gasteiger partial charge < -0.3 is 0 Å². The molecule has 0 bridgehead atoms. The molecule has 1 N–H and O–H groups in total. The van der Waals surface area contributed by atoms with Gasteiger partial charge in [0.1, 0.15) is 5.69 Å². The number of nitrogens with one attached hydrogen (secondary N) is 1.